The molecule has 0 N–H and O–H groups in total. The van der Waals surface area contributed by atoms with E-state index in [1.807, 2.05) is 0 Å². The Labute approximate surface area is 345 Å². The van der Waals surface area contributed by atoms with Crippen molar-refractivity contribution in [2.45, 2.75) is 19.3 Å². The minimum Gasteiger partial charge on any atom is -0.309 e. The van der Waals surface area contributed by atoms with Crippen LogP contribution < -0.4 is 4.90 Å². The summed E-state index contributed by atoms with van der Waals surface area (Å²) in [6, 6.07) is 80.0. The van der Waals surface area contributed by atoms with E-state index in [0.29, 0.717) is 0 Å². The fraction of sp³-hybridized carbons (Fsp3) is 0.0526. The van der Waals surface area contributed by atoms with Crippen LogP contribution in [0.3, 0.4) is 0 Å². The lowest BCUT2D eigenvalue weighted by molar-refractivity contribution is 0.660. The molecule has 1 aliphatic carbocycles. The lowest BCUT2D eigenvalue weighted by atomic mass is 9.82. The molecule has 9 aromatic carbocycles. The van der Waals surface area contributed by atoms with Crippen LogP contribution in [0, 0.1) is 0 Å². The van der Waals surface area contributed by atoms with Crippen molar-refractivity contribution in [1.29, 1.82) is 0 Å². The molecule has 2 heteroatoms. The maximum Gasteiger partial charge on any atom is 0.0562 e. The van der Waals surface area contributed by atoms with Gasteiger partial charge in [-0.2, -0.15) is 0 Å². The molecule has 10 aromatic rings. The SMILES string of the molecule is CC1(C)c2ccccc2-c2cc(N(c3cccc(-c4ccccc4)c3-c3ccccc3-c3ccccc3)c3cccc4c3c3ccccc3n4-c3ccccc3)ccc21. The Morgan fingerprint density at radius 2 is 0.932 bits per heavy atom. The molecule has 1 heterocycles. The third-order valence-corrected chi connectivity index (χ3v) is 12.4. The normalized spacial score (nSPS) is 12.7. The van der Waals surface area contributed by atoms with Crippen molar-refractivity contribution in [3.63, 3.8) is 0 Å². The summed E-state index contributed by atoms with van der Waals surface area (Å²) in [5.74, 6) is 0. The summed E-state index contributed by atoms with van der Waals surface area (Å²) in [6.45, 7) is 4.71. The molecule has 0 bridgehead atoms. The van der Waals surface area contributed by atoms with Crippen molar-refractivity contribution in [2.75, 3.05) is 4.90 Å². The number of hydrogen-bond donors (Lipinski definition) is 0. The van der Waals surface area contributed by atoms with Crippen LogP contribution in [0.5, 0.6) is 0 Å². The molecule has 2 nitrogen and oxygen atoms in total. The van der Waals surface area contributed by atoms with Gasteiger partial charge in [0, 0.05) is 33.1 Å². The van der Waals surface area contributed by atoms with Crippen LogP contribution in [0.25, 0.3) is 72.0 Å². The summed E-state index contributed by atoms with van der Waals surface area (Å²) in [7, 11) is 0. The number of hydrogen-bond acceptors (Lipinski definition) is 1. The highest BCUT2D eigenvalue weighted by Gasteiger charge is 2.36. The van der Waals surface area contributed by atoms with Crippen molar-refractivity contribution in [1.82, 2.24) is 4.57 Å². The molecule has 0 unspecified atom stereocenters. The summed E-state index contributed by atoms with van der Waals surface area (Å²) in [5, 5.41) is 2.42. The van der Waals surface area contributed by atoms with Crippen molar-refractivity contribution < 1.29 is 0 Å². The van der Waals surface area contributed by atoms with Gasteiger partial charge in [0.2, 0.25) is 0 Å². The maximum absolute atomic E-state index is 2.54. The molecular formula is C57H42N2. The van der Waals surface area contributed by atoms with Crippen LogP contribution in [0.4, 0.5) is 17.1 Å². The number of fused-ring (bicyclic) bond motifs is 6. The zero-order chi connectivity index (χ0) is 39.5. The van der Waals surface area contributed by atoms with Crippen molar-refractivity contribution in [3.8, 4) is 50.2 Å². The average Bonchev–Trinajstić information content (AvgIpc) is 3.76. The number of anilines is 3. The van der Waals surface area contributed by atoms with Gasteiger partial charge in [-0.25, -0.2) is 0 Å². The number of benzene rings is 9. The first kappa shape index (κ1) is 34.8. The summed E-state index contributed by atoms with van der Waals surface area (Å²) >= 11 is 0. The first-order valence-electron chi connectivity index (χ1n) is 20.5. The molecule has 0 saturated carbocycles. The minimum atomic E-state index is -0.106. The van der Waals surface area contributed by atoms with Gasteiger partial charge < -0.3 is 9.47 Å². The zero-order valence-electron chi connectivity index (χ0n) is 33.2. The van der Waals surface area contributed by atoms with E-state index in [1.54, 1.807) is 0 Å². The lowest BCUT2D eigenvalue weighted by Crippen LogP contribution is -2.16. The molecule has 0 amide bonds. The molecule has 59 heavy (non-hydrogen) atoms. The van der Waals surface area contributed by atoms with E-state index in [0.717, 1.165) is 28.3 Å². The Morgan fingerprint density at radius 1 is 0.390 bits per heavy atom. The van der Waals surface area contributed by atoms with E-state index in [9.17, 15) is 0 Å². The van der Waals surface area contributed by atoms with Crippen molar-refractivity contribution in [3.05, 3.63) is 230 Å². The molecule has 0 radical (unpaired) electrons. The molecule has 0 fully saturated rings. The molecular weight excluding hydrogens is 713 g/mol. The van der Waals surface area contributed by atoms with Crippen LogP contribution in [0.2, 0.25) is 0 Å². The van der Waals surface area contributed by atoms with Gasteiger partial charge in [0.05, 0.1) is 22.4 Å². The quantitative estimate of drug-likeness (QED) is 0.157. The molecule has 1 aliphatic rings. The third kappa shape index (κ3) is 5.56. The third-order valence-electron chi connectivity index (χ3n) is 12.4. The van der Waals surface area contributed by atoms with E-state index in [1.165, 1.54) is 71.9 Å². The van der Waals surface area contributed by atoms with Crippen molar-refractivity contribution >= 4 is 38.9 Å². The molecule has 1 aromatic heterocycles. The van der Waals surface area contributed by atoms with E-state index >= 15 is 0 Å². The van der Waals surface area contributed by atoms with Crippen molar-refractivity contribution in [2.24, 2.45) is 0 Å². The highest BCUT2D eigenvalue weighted by atomic mass is 15.2. The zero-order valence-corrected chi connectivity index (χ0v) is 33.2. The van der Waals surface area contributed by atoms with Gasteiger partial charge in [-0.15, -0.1) is 0 Å². The minimum absolute atomic E-state index is 0.106. The molecule has 280 valence electrons. The fourth-order valence-corrected chi connectivity index (χ4v) is 9.74. The fourth-order valence-electron chi connectivity index (χ4n) is 9.74. The number of para-hydroxylation sites is 2. The topological polar surface area (TPSA) is 8.17 Å². The van der Waals surface area contributed by atoms with Gasteiger partial charge in [0.1, 0.15) is 0 Å². The molecule has 0 aliphatic heterocycles. The Hall–Kier alpha value is -7.42. The number of aromatic nitrogens is 1. The van der Waals surface area contributed by atoms with Gasteiger partial charge in [-0.05, 0) is 98.6 Å². The lowest BCUT2D eigenvalue weighted by Gasteiger charge is -2.31. The van der Waals surface area contributed by atoms with E-state index < -0.39 is 0 Å². The largest absolute Gasteiger partial charge is 0.309 e. The van der Waals surface area contributed by atoms with Gasteiger partial charge in [0.15, 0.2) is 0 Å². The average molecular weight is 755 g/mol. The van der Waals surface area contributed by atoms with E-state index in [2.05, 4.69) is 242 Å². The van der Waals surface area contributed by atoms with Gasteiger partial charge in [-0.1, -0.05) is 184 Å². The van der Waals surface area contributed by atoms with Crippen LogP contribution in [0.1, 0.15) is 25.0 Å². The first-order valence-corrected chi connectivity index (χ1v) is 20.5. The second-order valence-corrected chi connectivity index (χ2v) is 16.1. The smallest absolute Gasteiger partial charge is 0.0562 e. The van der Waals surface area contributed by atoms with Gasteiger partial charge in [-0.3, -0.25) is 0 Å². The molecule has 0 spiro atoms. The van der Waals surface area contributed by atoms with Gasteiger partial charge in [0.25, 0.3) is 0 Å². The Balaban J connectivity index is 1.28. The number of nitrogens with zero attached hydrogens (tertiary/aromatic N) is 2. The summed E-state index contributed by atoms with van der Waals surface area (Å²) in [5.41, 5.74) is 19.2. The van der Waals surface area contributed by atoms with Crippen LogP contribution in [-0.2, 0) is 5.41 Å². The summed E-state index contributed by atoms with van der Waals surface area (Å²) < 4.78 is 2.42. The second-order valence-electron chi connectivity index (χ2n) is 16.1. The monoisotopic (exact) mass is 754 g/mol. The highest BCUT2D eigenvalue weighted by Crippen LogP contribution is 2.54. The number of rotatable bonds is 7. The standard InChI is InChI=1S/C57H42N2/c1-57(2)49-31-16-14-27-45(49)48-38-42(36-37-50(48)57)59(54-35-19-34-53-56(54)47-29-15-17-32-51(47)58(53)41-24-10-5-11-25-41)52-33-18-30-44(40-22-8-4-9-23-40)55(52)46-28-13-12-26-43(46)39-20-6-3-7-21-39/h3-38H,1-2H3. The second kappa shape index (κ2) is 13.9. The Kier molecular flexibility index (Phi) is 8.20. The predicted molar refractivity (Wildman–Crippen MR) is 249 cm³/mol. The Bertz CT molecular complexity index is 3170. The first-order chi connectivity index (χ1) is 29.1. The van der Waals surface area contributed by atoms with Gasteiger partial charge >= 0.3 is 0 Å². The summed E-state index contributed by atoms with van der Waals surface area (Å²) in [4.78, 5) is 2.54. The van der Waals surface area contributed by atoms with E-state index in [-0.39, 0.29) is 5.41 Å². The van der Waals surface area contributed by atoms with Crippen LogP contribution >= 0.6 is 0 Å². The predicted octanol–water partition coefficient (Wildman–Crippen LogP) is 15.6. The molecule has 0 atom stereocenters. The molecule has 11 rings (SSSR count). The Morgan fingerprint density at radius 3 is 1.69 bits per heavy atom. The molecule has 0 saturated heterocycles. The maximum atomic E-state index is 2.54. The van der Waals surface area contributed by atoms with E-state index in [4.69, 9.17) is 0 Å². The highest BCUT2D eigenvalue weighted by molar-refractivity contribution is 6.17. The van der Waals surface area contributed by atoms with Crippen LogP contribution in [0.15, 0.2) is 218 Å². The van der Waals surface area contributed by atoms with Crippen LogP contribution in [-0.4, -0.2) is 4.57 Å². The summed E-state index contributed by atoms with van der Waals surface area (Å²) in [6.07, 6.45) is 0.